The van der Waals surface area contributed by atoms with Crippen LogP contribution < -0.4 is 0 Å². The quantitative estimate of drug-likeness (QED) is 0.805. The van der Waals surface area contributed by atoms with E-state index in [1.807, 2.05) is 20.8 Å². The topological polar surface area (TPSA) is 55.3 Å². The van der Waals surface area contributed by atoms with Crippen LogP contribution >= 0.6 is 11.6 Å². The number of ether oxygens (including phenoxy) is 1. The zero-order chi connectivity index (χ0) is 14.4. The number of halogens is 1. The van der Waals surface area contributed by atoms with E-state index in [-0.39, 0.29) is 22.5 Å². The lowest BCUT2D eigenvalue weighted by atomic mass is 10.2. The first kappa shape index (κ1) is 15.9. The first-order valence-corrected chi connectivity index (χ1v) is 6.69. The van der Waals surface area contributed by atoms with Gasteiger partial charge in [0.2, 0.25) is 0 Å². The summed E-state index contributed by atoms with van der Waals surface area (Å²) < 4.78 is 4.99. The summed E-state index contributed by atoms with van der Waals surface area (Å²) in [4.78, 5) is 22.4. The Balaban J connectivity index is 2.99. The number of likely N-dealkylation sites (N-methyl/N-ethyl adjacent to an activating group) is 1. The molecule has 5 nitrogen and oxygen atoms in total. The first-order valence-electron chi connectivity index (χ1n) is 6.31. The summed E-state index contributed by atoms with van der Waals surface area (Å²) in [6.45, 7) is 7.44. The van der Waals surface area contributed by atoms with Crippen LogP contribution in [0.15, 0.2) is 6.20 Å². The van der Waals surface area contributed by atoms with Gasteiger partial charge in [0.15, 0.2) is 5.69 Å². The normalized spacial score (nSPS) is 10.8. The molecule has 0 aliphatic carbocycles. The summed E-state index contributed by atoms with van der Waals surface area (Å²) in [6, 6.07) is 0. The summed E-state index contributed by atoms with van der Waals surface area (Å²) in [5, 5.41) is 0.283. The van der Waals surface area contributed by atoms with E-state index in [4.69, 9.17) is 16.3 Å². The maximum atomic E-state index is 12.4. The van der Waals surface area contributed by atoms with Gasteiger partial charge in [-0.05, 0) is 6.92 Å². The van der Waals surface area contributed by atoms with E-state index in [2.05, 4.69) is 9.97 Å². The Kier molecular flexibility index (Phi) is 6.18. The maximum absolute atomic E-state index is 12.4. The molecule has 1 rings (SSSR count). The number of aromatic nitrogens is 2. The Morgan fingerprint density at radius 2 is 2.21 bits per heavy atom. The second kappa shape index (κ2) is 7.40. The second-order valence-corrected chi connectivity index (χ2v) is 4.86. The van der Waals surface area contributed by atoms with Crippen LogP contribution in [-0.4, -0.2) is 47.6 Å². The predicted octanol–water partition coefficient (Wildman–Crippen LogP) is 2.36. The van der Waals surface area contributed by atoms with E-state index >= 15 is 0 Å². The Morgan fingerprint density at radius 3 is 2.74 bits per heavy atom. The highest BCUT2D eigenvalue weighted by molar-refractivity contribution is 6.33. The molecule has 0 N–H and O–H groups in total. The van der Waals surface area contributed by atoms with Crippen molar-refractivity contribution in [3.05, 3.63) is 22.7 Å². The van der Waals surface area contributed by atoms with Gasteiger partial charge in [-0.1, -0.05) is 25.4 Å². The average molecular weight is 286 g/mol. The number of nitrogens with zero attached hydrogens (tertiary/aromatic N) is 3. The van der Waals surface area contributed by atoms with Crippen molar-refractivity contribution >= 4 is 17.5 Å². The minimum atomic E-state index is -0.186. The van der Waals surface area contributed by atoms with E-state index in [1.54, 1.807) is 12.0 Å². The van der Waals surface area contributed by atoms with Crippen LogP contribution in [0.2, 0.25) is 5.02 Å². The Hall–Kier alpha value is -1.20. The minimum absolute atomic E-state index is 0.151. The van der Waals surface area contributed by atoms with Crippen LogP contribution in [0.4, 0.5) is 0 Å². The number of carbonyl (C=O) groups is 1. The Bertz CT molecular complexity index is 438. The molecule has 0 aliphatic heterocycles. The third-order valence-corrected chi connectivity index (χ3v) is 2.99. The molecule has 0 aromatic carbocycles. The molecule has 6 heteroatoms. The summed E-state index contributed by atoms with van der Waals surface area (Å²) >= 11 is 6.03. The van der Waals surface area contributed by atoms with Crippen molar-refractivity contribution in [2.24, 2.45) is 0 Å². The zero-order valence-corrected chi connectivity index (χ0v) is 12.6. The molecule has 0 saturated heterocycles. The molecule has 0 unspecified atom stereocenters. The second-order valence-electron chi connectivity index (χ2n) is 4.46. The van der Waals surface area contributed by atoms with Gasteiger partial charge >= 0.3 is 0 Å². The SMILES string of the molecule is CCN(CCOC)C(=O)c1nc(C(C)C)ncc1Cl. The molecule has 0 atom stereocenters. The number of methoxy groups -OCH3 is 1. The van der Waals surface area contributed by atoms with Gasteiger partial charge in [-0.15, -0.1) is 0 Å². The average Bonchev–Trinajstić information content (AvgIpc) is 2.39. The van der Waals surface area contributed by atoms with Crippen LogP contribution in [0.5, 0.6) is 0 Å². The molecule has 1 aromatic rings. The number of carbonyl (C=O) groups excluding carboxylic acids is 1. The van der Waals surface area contributed by atoms with Gasteiger partial charge in [-0.3, -0.25) is 4.79 Å². The van der Waals surface area contributed by atoms with Gasteiger partial charge in [-0.2, -0.15) is 0 Å². The van der Waals surface area contributed by atoms with Crippen LogP contribution in [0.1, 0.15) is 43.0 Å². The minimum Gasteiger partial charge on any atom is -0.383 e. The monoisotopic (exact) mass is 285 g/mol. The number of rotatable bonds is 6. The van der Waals surface area contributed by atoms with Crippen molar-refractivity contribution in [2.45, 2.75) is 26.7 Å². The molecule has 0 aliphatic rings. The highest BCUT2D eigenvalue weighted by Crippen LogP contribution is 2.17. The molecule has 1 amide bonds. The fourth-order valence-electron chi connectivity index (χ4n) is 1.56. The van der Waals surface area contributed by atoms with E-state index in [9.17, 15) is 4.79 Å². The van der Waals surface area contributed by atoms with Crippen molar-refractivity contribution in [3.8, 4) is 0 Å². The predicted molar refractivity (Wildman–Crippen MR) is 74.6 cm³/mol. The van der Waals surface area contributed by atoms with Crippen molar-refractivity contribution in [1.29, 1.82) is 0 Å². The fraction of sp³-hybridized carbons (Fsp3) is 0.615. The maximum Gasteiger partial charge on any atom is 0.274 e. The molecule has 0 fully saturated rings. The summed E-state index contributed by atoms with van der Waals surface area (Å²) in [7, 11) is 1.60. The molecule has 0 spiro atoms. The highest BCUT2D eigenvalue weighted by atomic mass is 35.5. The lowest BCUT2D eigenvalue weighted by Gasteiger charge is -2.20. The van der Waals surface area contributed by atoms with E-state index in [0.29, 0.717) is 25.5 Å². The van der Waals surface area contributed by atoms with Gasteiger partial charge in [0.1, 0.15) is 5.82 Å². The molecule has 0 radical (unpaired) electrons. The summed E-state index contributed by atoms with van der Waals surface area (Å²) in [6.07, 6.45) is 1.49. The standard InChI is InChI=1S/C13H20ClN3O2/c1-5-17(6-7-19-4)13(18)11-10(14)8-15-12(16-11)9(2)3/h8-9H,5-7H2,1-4H3. The van der Waals surface area contributed by atoms with Crippen LogP contribution in [0, 0.1) is 0 Å². The van der Waals surface area contributed by atoms with E-state index in [1.165, 1.54) is 6.20 Å². The van der Waals surface area contributed by atoms with Crippen molar-refractivity contribution < 1.29 is 9.53 Å². The zero-order valence-electron chi connectivity index (χ0n) is 11.8. The largest absolute Gasteiger partial charge is 0.383 e. The molecular formula is C13H20ClN3O2. The summed E-state index contributed by atoms with van der Waals surface area (Å²) in [5.74, 6) is 0.585. The Labute approximate surface area is 118 Å². The molecular weight excluding hydrogens is 266 g/mol. The highest BCUT2D eigenvalue weighted by Gasteiger charge is 2.20. The van der Waals surface area contributed by atoms with Crippen molar-refractivity contribution in [3.63, 3.8) is 0 Å². The Morgan fingerprint density at radius 1 is 1.53 bits per heavy atom. The molecule has 19 heavy (non-hydrogen) atoms. The summed E-state index contributed by atoms with van der Waals surface area (Å²) in [5.41, 5.74) is 0.262. The van der Waals surface area contributed by atoms with Crippen LogP contribution in [0.3, 0.4) is 0 Å². The fourth-order valence-corrected chi connectivity index (χ4v) is 1.74. The van der Waals surface area contributed by atoms with Gasteiger partial charge in [0.25, 0.3) is 5.91 Å². The number of hydrogen-bond donors (Lipinski definition) is 0. The van der Waals surface area contributed by atoms with Crippen molar-refractivity contribution in [2.75, 3.05) is 26.8 Å². The molecule has 106 valence electrons. The third-order valence-electron chi connectivity index (χ3n) is 2.72. The molecule has 1 aromatic heterocycles. The first-order chi connectivity index (χ1) is 9.01. The van der Waals surface area contributed by atoms with Gasteiger partial charge in [0.05, 0.1) is 17.8 Å². The van der Waals surface area contributed by atoms with E-state index in [0.717, 1.165) is 0 Å². The van der Waals surface area contributed by atoms with Crippen LogP contribution in [-0.2, 0) is 4.74 Å². The van der Waals surface area contributed by atoms with Gasteiger partial charge in [-0.25, -0.2) is 9.97 Å². The van der Waals surface area contributed by atoms with Crippen molar-refractivity contribution in [1.82, 2.24) is 14.9 Å². The van der Waals surface area contributed by atoms with E-state index < -0.39 is 0 Å². The molecule has 0 saturated carbocycles. The van der Waals surface area contributed by atoms with Gasteiger partial charge in [0, 0.05) is 26.1 Å². The van der Waals surface area contributed by atoms with Gasteiger partial charge < -0.3 is 9.64 Å². The molecule has 1 heterocycles. The smallest absolute Gasteiger partial charge is 0.274 e. The number of hydrogen-bond acceptors (Lipinski definition) is 4. The molecule has 0 bridgehead atoms. The third kappa shape index (κ3) is 4.14. The number of amides is 1. The lowest BCUT2D eigenvalue weighted by Crippen LogP contribution is -2.34. The van der Waals surface area contributed by atoms with Crippen LogP contribution in [0.25, 0.3) is 0 Å². The lowest BCUT2D eigenvalue weighted by molar-refractivity contribution is 0.0700.